The fraction of sp³-hybridized carbons (Fsp3) is 0.467. The molecule has 1 aromatic heterocycles. The number of benzene rings is 1. The number of tetrazole rings is 1. The van der Waals surface area contributed by atoms with Crippen molar-refractivity contribution in [3.63, 3.8) is 0 Å². The van der Waals surface area contributed by atoms with Crippen LogP contribution in [-0.4, -0.2) is 32.2 Å². The zero-order valence-corrected chi connectivity index (χ0v) is 13.0. The molecule has 1 aromatic carbocycles. The topological polar surface area (TPSA) is 72.7 Å². The maximum Gasteiger partial charge on any atom is 0.242 e. The van der Waals surface area contributed by atoms with Gasteiger partial charge in [-0.3, -0.25) is 4.79 Å². The predicted octanol–water partition coefficient (Wildman–Crippen LogP) is 2.44. The van der Waals surface area contributed by atoms with Gasteiger partial charge in [0.25, 0.3) is 0 Å². The first-order valence-corrected chi connectivity index (χ1v) is 7.91. The second kappa shape index (κ2) is 6.87. The Balaban J connectivity index is 1.66. The molecular weight excluding hydrogens is 302 g/mol. The molecule has 22 heavy (non-hydrogen) atoms. The maximum absolute atomic E-state index is 12.2. The zero-order chi connectivity index (χ0) is 15.4. The number of carbonyl (C=O) groups excluding carboxylic acids is 1. The summed E-state index contributed by atoms with van der Waals surface area (Å²) in [6, 6.07) is 7.51. The third-order valence-electron chi connectivity index (χ3n) is 3.90. The first-order valence-electron chi connectivity index (χ1n) is 7.54. The predicted molar refractivity (Wildman–Crippen MR) is 83.3 cm³/mol. The van der Waals surface area contributed by atoms with Crippen molar-refractivity contribution in [3.8, 4) is 11.4 Å². The fourth-order valence-corrected chi connectivity index (χ4v) is 2.90. The summed E-state index contributed by atoms with van der Waals surface area (Å²) in [5, 5.41) is 15.3. The Morgan fingerprint density at radius 2 is 1.95 bits per heavy atom. The van der Waals surface area contributed by atoms with Crippen molar-refractivity contribution in [1.29, 1.82) is 0 Å². The first-order chi connectivity index (χ1) is 10.7. The minimum Gasteiger partial charge on any atom is -0.352 e. The molecule has 116 valence electrons. The van der Waals surface area contributed by atoms with Gasteiger partial charge in [-0.15, -0.1) is 5.10 Å². The van der Waals surface area contributed by atoms with E-state index in [9.17, 15) is 4.79 Å². The summed E-state index contributed by atoms with van der Waals surface area (Å²) in [7, 11) is 0. The van der Waals surface area contributed by atoms with E-state index in [-0.39, 0.29) is 18.5 Å². The van der Waals surface area contributed by atoms with Crippen molar-refractivity contribution < 1.29 is 4.79 Å². The average molecular weight is 320 g/mol. The van der Waals surface area contributed by atoms with Gasteiger partial charge >= 0.3 is 0 Å². The van der Waals surface area contributed by atoms with Crippen LogP contribution in [0.3, 0.4) is 0 Å². The lowest BCUT2D eigenvalue weighted by Gasteiger charge is -2.22. The van der Waals surface area contributed by atoms with Crippen LogP contribution in [-0.2, 0) is 11.3 Å². The van der Waals surface area contributed by atoms with Gasteiger partial charge in [0, 0.05) is 16.6 Å². The monoisotopic (exact) mass is 319 g/mol. The Morgan fingerprint density at radius 1 is 1.23 bits per heavy atom. The van der Waals surface area contributed by atoms with Crippen LogP contribution in [0.2, 0.25) is 5.02 Å². The molecule has 0 bridgehead atoms. The van der Waals surface area contributed by atoms with E-state index in [1.165, 1.54) is 23.9 Å². The van der Waals surface area contributed by atoms with E-state index >= 15 is 0 Å². The number of nitrogens with zero attached hydrogens (tertiary/aromatic N) is 4. The molecule has 3 rings (SSSR count). The van der Waals surface area contributed by atoms with Gasteiger partial charge in [-0.25, -0.2) is 4.68 Å². The van der Waals surface area contributed by atoms with Crippen molar-refractivity contribution in [2.75, 3.05) is 0 Å². The number of amides is 1. The third kappa shape index (κ3) is 3.62. The molecule has 0 radical (unpaired) electrons. The molecule has 2 aromatic rings. The van der Waals surface area contributed by atoms with Gasteiger partial charge in [0.2, 0.25) is 5.91 Å². The molecular formula is C15H18ClN5O. The zero-order valence-electron chi connectivity index (χ0n) is 12.2. The number of carbonyl (C=O) groups is 1. The number of halogens is 1. The van der Waals surface area contributed by atoms with Crippen LogP contribution < -0.4 is 5.32 Å². The normalized spacial score (nSPS) is 15.7. The molecule has 0 aliphatic heterocycles. The van der Waals surface area contributed by atoms with Crippen molar-refractivity contribution in [1.82, 2.24) is 25.5 Å². The van der Waals surface area contributed by atoms with Crippen LogP contribution in [0.25, 0.3) is 11.4 Å². The van der Waals surface area contributed by atoms with Gasteiger partial charge < -0.3 is 5.32 Å². The van der Waals surface area contributed by atoms with E-state index in [1.807, 2.05) is 12.1 Å². The molecule has 0 atom stereocenters. The third-order valence-corrected chi connectivity index (χ3v) is 4.15. The molecule has 7 heteroatoms. The number of rotatable bonds is 4. The summed E-state index contributed by atoms with van der Waals surface area (Å²) >= 11 is 5.88. The molecule has 1 fully saturated rings. The first kappa shape index (κ1) is 15.0. The second-order valence-corrected chi connectivity index (χ2v) is 6.01. The quantitative estimate of drug-likeness (QED) is 0.939. The van der Waals surface area contributed by atoms with E-state index in [1.54, 1.807) is 12.1 Å². The van der Waals surface area contributed by atoms with E-state index in [0.717, 1.165) is 18.4 Å². The maximum atomic E-state index is 12.2. The summed E-state index contributed by atoms with van der Waals surface area (Å²) in [5.74, 6) is 0.518. The highest BCUT2D eigenvalue weighted by atomic mass is 35.5. The van der Waals surface area contributed by atoms with E-state index < -0.39 is 0 Å². The second-order valence-electron chi connectivity index (χ2n) is 5.57. The number of nitrogens with one attached hydrogen (secondary N) is 1. The Bertz CT molecular complexity index is 634. The average Bonchev–Trinajstić information content (AvgIpc) is 2.97. The fourth-order valence-electron chi connectivity index (χ4n) is 2.77. The highest BCUT2D eigenvalue weighted by Gasteiger charge is 2.17. The van der Waals surface area contributed by atoms with Crippen molar-refractivity contribution in [3.05, 3.63) is 29.3 Å². The van der Waals surface area contributed by atoms with E-state index in [4.69, 9.17) is 11.6 Å². The highest BCUT2D eigenvalue weighted by molar-refractivity contribution is 6.30. The van der Waals surface area contributed by atoms with E-state index in [0.29, 0.717) is 10.8 Å². The molecule has 1 N–H and O–H groups in total. The number of hydrogen-bond acceptors (Lipinski definition) is 4. The molecule has 0 unspecified atom stereocenters. The lowest BCUT2D eigenvalue weighted by Crippen LogP contribution is -2.38. The molecule has 0 spiro atoms. The van der Waals surface area contributed by atoms with E-state index in [2.05, 4.69) is 20.8 Å². The molecule has 1 amide bonds. The molecule has 1 aliphatic rings. The lowest BCUT2D eigenvalue weighted by atomic mass is 9.95. The molecule has 0 saturated heterocycles. The van der Waals surface area contributed by atoms with Crippen LogP contribution in [0.5, 0.6) is 0 Å². The smallest absolute Gasteiger partial charge is 0.242 e. The van der Waals surface area contributed by atoms with Crippen LogP contribution in [0.15, 0.2) is 24.3 Å². The Hall–Kier alpha value is -1.95. The SMILES string of the molecule is O=C(Cn1nnnc1-c1ccc(Cl)cc1)NC1CCCCC1. The van der Waals surface area contributed by atoms with Crippen LogP contribution in [0, 0.1) is 0 Å². The van der Waals surface area contributed by atoms with Gasteiger partial charge in [-0.05, 0) is 47.5 Å². The summed E-state index contributed by atoms with van der Waals surface area (Å²) in [6.45, 7) is 0.126. The molecule has 1 aliphatic carbocycles. The van der Waals surface area contributed by atoms with Crippen LogP contribution in [0.4, 0.5) is 0 Å². The van der Waals surface area contributed by atoms with Gasteiger partial charge in [0.05, 0.1) is 0 Å². The van der Waals surface area contributed by atoms with Crippen molar-refractivity contribution >= 4 is 17.5 Å². The van der Waals surface area contributed by atoms with Crippen LogP contribution in [0.1, 0.15) is 32.1 Å². The molecule has 6 nitrogen and oxygen atoms in total. The number of aromatic nitrogens is 4. The van der Waals surface area contributed by atoms with Crippen molar-refractivity contribution in [2.24, 2.45) is 0 Å². The minimum atomic E-state index is -0.0468. The Kier molecular flexibility index (Phi) is 4.68. The summed E-state index contributed by atoms with van der Waals surface area (Å²) < 4.78 is 1.52. The van der Waals surface area contributed by atoms with Gasteiger partial charge in [-0.2, -0.15) is 0 Å². The standard InChI is InChI=1S/C15H18ClN5O/c16-12-8-6-11(7-9-12)15-18-19-20-21(15)10-14(22)17-13-4-2-1-3-5-13/h6-9,13H,1-5,10H2,(H,17,22). The Morgan fingerprint density at radius 3 is 2.68 bits per heavy atom. The highest BCUT2D eigenvalue weighted by Crippen LogP contribution is 2.19. The molecule has 1 saturated carbocycles. The number of hydrogen-bond donors (Lipinski definition) is 1. The summed E-state index contributed by atoms with van der Waals surface area (Å²) in [6.07, 6.45) is 5.76. The van der Waals surface area contributed by atoms with Gasteiger partial charge in [-0.1, -0.05) is 30.9 Å². The molecule has 1 heterocycles. The Labute approximate surface area is 133 Å². The van der Waals surface area contributed by atoms with Gasteiger partial charge in [0.1, 0.15) is 6.54 Å². The largest absolute Gasteiger partial charge is 0.352 e. The minimum absolute atomic E-state index is 0.0468. The van der Waals surface area contributed by atoms with Crippen molar-refractivity contribution in [2.45, 2.75) is 44.7 Å². The summed E-state index contributed by atoms with van der Waals surface area (Å²) in [5.41, 5.74) is 0.833. The van der Waals surface area contributed by atoms with Gasteiger partial charge in [0.15, 0.2) is 5.82 Å². The van der Waals surface area contributed by atoms with Crippen LogP contribution >= 0.6 is 11.6 Å². The summed E-state index contributed by atoms with van der Waals surface area (Å²) in [4.78, 5) is 12.2. The lowest BCUT2D eigenvalue weighted by molar-refractivity contribution is -0.122.